The van der Waals surface area contributed by atoms with Crippen LogP contribution in [-0.4, -0.2) is 21.4 Å². The van der Waals surface area contributed by atoms with Crippen molar-refractivity contribution in [3.63, 3.8) is 0 Å². The molecule has 110 valence electrons. The van der Waals surface area contributed by atoms with E-state index in [0.717, 1.165) is 17.7 Å². The van der Waals surface area contributed by atoms with Gasteiger partial charge in [0, 0.05) is 23.7 Å². The number of rotatable bonds is 3. The predicted octanol–water partition coefficient (Wildman–Crippen LogP) is 2.78. The maximum Gasteiger partial charge on any atom is 0.319 e. The van der Waals surface area contributed by atoms with Crippen LogP contribution in [0.2, 0.25) is 5.02 Å². The molecule has 0 radical (unpaired) electrons. The molecule has 0 saturated heterocycles. The zero-order chi connectivity index (χ0) is 15.4. The number of phenolic OH excluding ortho intramolecular Hbond substituents is 3. The molecule has 0 aliphatic carbocycles. The fourth-order valence-corrected chi connectivity index (χ4v) is 1.87. The van der Waals surface area contributed by atoms with Gasteiger partial charge in [-0.15, -0.1) is 0 Å². The predicted molar refractivity (Wildman–Crippen MR) is 78.7 cm³/mol. The van der Waals surface area contributed by atoms with Crippen molar-refractivity contribution >= 4 is 23.3 Å². The number of aromatic hydroxyl groups is 3. The van der Waals surface area contributed by atoms with Crippen molar-refractivity contribution in [2.75, 3.05) is 5.32 Å². The normalized spacial score (nSPS) is 10.1. The van der Waals surface area contributed by atoms with Crippen molar-refractivity contribution in [3.05, 3.63) is 47.0 Å². The second-order valence-electron chi connectivity index (χ2n) is 4.26. The van der Waals surface area contributed by atoms with Crippen LogP contribution >= 0.6 is 11.6 Å². The molecule has 0 heterocycles. The molecule has 5 N–H and O–H groups in total. The van der Waals surface area contributed by atoms with Gasteiger partial charge in [0.05, 0.1) is 5.69 Å². The van der Waals surface area contributed by atoms with E-state index in [-0.39, 0.29) is 12.2 Å². The van der Waals surface area contributed by atoms with Crippen LogP contribution in [0.4, 0.5) is 10.5 Å². The number of urea groups is 1. The van der Waals surface area contributed by atoms with Gasteiger partial charge >= 0.3 is 6.03 Å². The largest absolute Gasteiger partial charge is 0.504 e. The van der Waals surface area contributed by atoms with Gasteiger partial charge in [0.15, 0.2) is 17.2 Å². The molecule has 2 aromatic carbocycles. The van der Waals surface area contributed by atoms with Crippen molar-refractivity contribution in [2.45, 2.75) is 6.54 Å². The van der Waals surface area contributed by atoms with E-state index in [1.54, 1.807) is 24.3 Å². The number of carbonyl (C=O) groups is 1. The first-order valence-electron chi connectivity index (χ1n) is 6.00. The first kappa shape index (κ1) is 14.8. The van der Waals surface area contributed by atoms with Gasteiger partial charge in [-0.2, -0.15) is 0 Å². The Labute approximate surface area is 125 Å². The summed E-state index contributed by atoms with van der Waals surface area (Å²) in [5.74, 6) is -1.70. The van der Waals surface area contributed by atoms with Crippen LogP contribution in [0.15, 0.2) is 36.4 Å². The SMILES string of the molecule is O=C(NCc1ccccc1Cl)Nc1cc(O)c(O)c(O)c1. The fourth-order valence-electron chi connectivity index (χ4n) is 1.67. The van der Waals surface area contributed by atoms with Crippen LogP contribution in [-0.2, 0) is 6.54 Å². The smallest absolute Gasteiger partial charge is 0.319 e. The lowest BCUT2D eigenvalue weighted by molar-refractivity contribution is 0.251. The zero-order valence-electron chi connectivity index (χ0n) is 10.8. The van der Waals surface area contributed by atoms with Gasteiger partial charge in [-0.25, -0.2) is 4.79 Å². The van der Waals surface area contributed by atoms with E-state index in [1.165, 1.54) is 0 Å². The quantitative estimate of drug-likeness (QED) is 0.444. The Hall–Kier alpha value is -2.60. The highest BCUT2D eigenvalue weighted by molar-refractivity contribution is 6.31. The minimum Gasteiger partial charge on any atom is -0.504 e. The van der Waals surface area contributed by atoms with Crippen LogP contribution in [0.1, 0.15) is 5.56 Å². The number of phenols is 3. The molecule has 0 bridgehead atoms. The second-order valence-corrected chi connectivity index (χ2v) is 4.67. The number of hydrogen-bond donors (Lipinski definition) is 5. The Morgan fingerprint density at radius 1 is 1.10 bits per heavy atom. The Bertz CT molecular complexity index is 653. The lowest BCUT2D eigenvalue weighted by Crippen LogP contribution is -2.28. The molecule has 2 amide bonds. The zero-order valence-corrected chi connectivity index (χ0v) is 11.6. The van der Waals surface area contributed by atoms with E-state index in [4.69, 9.17) is 11.6 Å². The summed E-state index contributed by atoms with van der Waals surface area (Å²) in [6, 6.07) is 8.77. The van der Waals surface area contributed by atoms with E-state index in [2.05, 4.69) is 10.6 Å². The third-order valence-electron chi connectivity index (χ3n) is 2.72. The molecule has 0 spiro atoms. The van der Waals surface area contributed by atoms with Gasteiger partial charge in [-0.05, 0) is 11.6 Å². The molecule has 2 rings (SSSR count). The molecule has 2 aromatic rings. The molecule has 0 atom stereocenters. The molecule has 6 nitrogen and oxygen atoms in total. The average Bonchev–Trinajstić information content (AvgIpc) is 2.44. The van der Waals surface area contributed by atoms with Gasteiger partial charge in [0.25, 0.3) is 0 Å². The number of anilines is 1. The summed E-state index contributed by atoms with van der Waals surface area (Å²) in [5.41, 5.74) is 0.894. The Kier molecular flexibility index (Phi) is 4.39. The summed E-state index contributed by atoms with van der Waals surface area (Å²) in [6.45, 7) is 0.224. The Morgan fingerprint density at radius 2 is 1.71 bits per heavy atom. The fraction of sp³-hybridized carbons (Fsp3) is 0.0714. The number of nitrogens with one attached hydrogen (secondary N) is 2. The van der Waals surface area contributed by atoms with E-state index in [9.17, 15) is 20.1 Å². The average molecular weight is 309 g/mol. The Morgan fingerprint density at radius 3 is 2.33 bits per heavy atom. The molecule has 7 heteroatoms. The molecular formula is C14H13ClN2O4. The third-order valence-corrected chi connectivity index (χ3v) is 3.09. The molecule has 21 heavy (non-hydrogen) atoms. The van der Waals surface area contributed by atoms with Crippen LogP contribution in [0.25, 0.3) is 0 Å². The van der Waals surface area contributed by atoms with Crippen molar-refractivity contribution in [1.82, 2.24) is 5.32 Å². The van der Waals surface area contributed by atoms with Crippen molar-refractivity contribution in [3.8, 4) is 17.2 Å². The van der Waals surface area contributed by atoms with Crippen LogP contribution in [0.3, 0.4) is 0 Å². The highest BCUT2D eigenvalue weighted by atomic mass is 35.5. The maximum absolute atomic E-state index is 11.7. The van der Waals surface area contributed by atoms with E-state index < -0.39 is 23.3 Å². The maximum atomic E-state index is 11.7. The van der Waals surface area contributed by atoms with Crippen LogP contribution < -0.4 is 10.6 Å². The van der Waals surface area contributed by atoms with E-state index in [0.29, 0.717) is 5.02 Å². The first-order chi connectivity index (χ1) is 9.97. The number of hydrogen-bond acceptors (Lipinski definition) is 4. The summed E-state index contributed by atoms with van der Waals surface area (Å²) in [6.07, 6.45) is 0. The third kappa shape index (κ3) is 3.70. The number of benzene rings is 2. The van der Waals surface area contributed by atoms with E-state index >= 15 is 0 Å². The lowest BCUT2D eigenvalue weighted by atomic mass is 10.2. The van der Waals surface area contributed by atoms with Crippen molar-refractivity contribution in [2.24, 2.45) is 0 Å². The topological polar surface area (TPSA) is 102 Å². The second kappa shape index (κ2) is 6.23. The highest BCUT2D eigenvalue weighted by Gasteiger charge is 2.10. The highest BCUT2D eigenvalue weighted by Crippen LogP contribution is 2.37. The molecule has 0 unspecified atom stereocenters. The molecular weight excluding hydrogens is 296 g/mol. The molecule has 0 aliphatic rings. The summed E-state index contributed by atoms with van der Waals surface area (Å²) in [7, 11) is 0. The van der Waals surface area contributed by atoms with Crippen LogP contribution in [0.5, 0.6) is 17.2 Å². The van der Waals surface area contributed by atoms with Crippen LogP contribution in [0, 0.1) is 0 Å². The van der Waals surface area contributed by atoms with E-state index in [1.807, 2.05) is 0 Å². The first-order valence-corrected chi connectivity index (χ1v) is 6.38. The lowest BCUT2D eigenvalue weighted by Gasteiger charge is -2.10. The molecule has 0 aliphatic heterocycles. The van der Waals surface area contributed by atoms with Crippen molar-refractivity contribution in [1.29, 1.82) is 0 Å². The Balaban J connectivity index is 1.98. The molecule has 0 aromatic heterocycles. The summed E-state index contributed by atoms with van der Waals surface area (Å²) in [5, 5.41) is 33.4. The number of carbonyl (C=O) groups excluding carboxylic acids is 1. The minimum absolute atomic E-state index is 0.138. The number of amides is 2. The van der Waals surface area contributed by atoms with Gasteiger partial charge in [0.2, 0.25) is 0 Å². The minimum atomic E-state index is -0.642. The van der Waals surface area contributed by atoms with Gasteiger partial charge in [-0.1, -0.05) is 29.8 Å². The monoisotopic (exact) mass is 308 g/mol. The number of halogens is 1. The molecule has 0 fully saturated rings. The van der Waals surface area contributed by atoms with Gasteiger partial charge in [-0.3, -0.25) is 0 Å². The summed E-state index contributed by atoms with van der Waals surface area (Å²) in [4.78, 5) is 11.7. The summed E-state index contributed by atoms with van der Waals surface area (Å²) < 4.78 is 0. The van der Waals surface area contributed by atoms with Gasteiger partial charge in [0.1, 0.15) is 0 Å². The molecule has 0 saturated carbocycles. The van der Waals surface area contributed by atoms with Crippen molar-refractivity contribution < 1.29 is 20.1 Å². The summed E-state index contributed by atoms with van der Waals surface area (Å²) >= 11 is 5.96. The van der Waals surface area contributed by atoms with Gasteiger partial charge < -0.3 is 26.0 Å². The standard InChI is InChI=1S/C14H13ClN2O4/c15-10-4-2-1-3-8(10)7-16-14(21)17-9-5-11(18)13(20)12(19)6-9/h1-6,18-20H,7H2,(H2,16,17,21).